The van der Waals surface area contributed by atoms with Crippen LogP contribution in [0.4, 0.5) is 0 Å². The van der Waals surface area contributed by atoms with E-state index in [1.807, 2.05) is 31.2 Å². The zero-order chi connectivity index (χ0) is 19.6. The van der Waals surface area contributed by atoms with E-state index in [-0.39, 0.29) is 11.3 Å². The summed E-state index contributed by atoms with van der Waals surface area (Å²) >= 11 is 0. The first-order chi connectivity index (χ1) is 12.7. The van der Waals surface area contributed by atoms with Crippen molar-refractivity contribution in [1.82, 2.24) is 9.78 Å². The number of carbonyl (C=O) groups is 1. The first-order valence-electron chi connectivity index (χ1n) is 8.42. The van der Waals surface area contributed by atoms with Crippen LogP contribution in [0.2, 0.25) is 0 Å². The van der Waals surface area contributed by atoms with Crippen LogP contribution in [0, 0.1) is 6.92 Å². The van der Waals surface area contributed by atoms with Gasteiger partial charge >= 0.3 is 5.97 Å². The van der Waals surface area contributed by atoms with E-state index >= 15 is 0 Å². The topological polar surface area (TPSA) is 89.3 Å². The molecule has 0 aliphatic carbocycles. The number of hydrogen-bond donors (Lipinski definition) is 1. The van der Waals surface area contributed by atoms with Gasteiger partial charge in [-0.15, -0.1) is 0 Å². The number of benzene rings is 2. The van der Waals surface area contributed by atoms with Gasteiger partial charge in [0.25, 0.3) is 0 Å². The molecule has 6 nitrogen and oxygen atoms in total. The van der Waals surface area contributed by atoms with Gasteiger partial charge in [-0.3, -0.25) is 4.79 Å². The van der Waals surface area contributed by atoms with Crippen molar-refractivity contribution < 1.29 is 18.3 Å². The maximum absolute atomic E-state index is 11.6. The van der Waals surface area contributed by atoms with Crippen LogP contribution < -0.4 is 0 Å². The summed E-state index contributed by atoms with van der Waals surface area (Å²) in [6.07, 6.45) is 3.33. The van der Waals surface area contributed by atoms with Crippen LogP contribution in [0.25, 0.3) is 16.9 Å². The molecule has 0 radical (unpaired) electrons. The molecule has 0 aliphatic heterocycles. The predicted molar refractivity (Wildman–Crippen MR) is 103 cm³/mol. The Morgan fingerprint density at radius 2 is 1.70 bits per heavy atom. The van der Waals surface area contributed by atoms with Gasteiger partial charge in [-0.1, -0.05) is 29.8 Å². The summed E-state index contributed by atoms with van der Waals surface area (Å²) < 4.78 is 24.9. The van der Waals surface area contributed by atoms with Crippen LogP contribution in [-0.4, -0.2) is 35.5 Å². The number of carboxylic acids is 1. The second kappa shape index (κ2) is 7.36. The third kappa shape index (κ3) is 4.43. The van der Waals surface area contributed by atoms with Gasteiger partial charge in [0.2, 0.25) is 0 Å². The number of aromatic nitrogens is 2. The summed E-state index contributed by atoms with van der Waals surface area (Å²) in [5.74, 6) is -0.866. The molecule has 1 N–H and O–H groups in total. The second-order valence-electron chi connectivity index (χ2n) is 6.47. The fourth-order valence-corrected chi connectivity index (χ4v) is 3.40. The lowest BCUT2D eigenvalue weighted by molar-refractivity contribution is -0.136. The highest BCUT2D eigenvalue weighted by molar-refractivity contribution is 7.90. The van der Waals surface area contributed by atoms with Crippen LogP contribution >= 0.6 is 0 Å². The van der Waals surface area contributed by atoms with Gasteiger partial charge in [0, 0.05) is 24.4 Å². The highest BCUT2D eigenvalue weighted by atomic mass is 32.2. The molecule has 3 aromatic rings. The molecule has 1 aromatic heterocycles. The van der Waals surface area contributed by atoms with Crippen LogP contribution in [0.5, 0.6) is 0 Å². The standard InChI is InChI=1S/C20H20N2O4S/c1-14-3-5-15(6-4-14)20-16(7-12-19(23)24)13-22(21-20)17-8-10-18(11-9-17)27(2,25)26/h3-6,8-11,13H,7,12H2,1-2H3,(H,23,24). The molecular weight excluding hydrogens is 364 g/mol. The number of aryl methyl sites for hydroxylation is 2. The number of nitrogens with zero attached hydrogens (tertiary/aromatic N) is 2. The first-order valence-corrected chi connectivity index (χ1v) is 10.3. The van der Waals surface area contributed by atoms with Crippen molar-refractivity contribution in [2.45, 2.75) is 24.7 Å². The zero-order valence-electron chi connectivity index (χ0n) is 15.1. The monoisotopic (exact) mass is 384 g/mol. The fourth-order valence-electron chi connectivity index (χ4n) is 2.77. The Hall–Kier alpha value is -2.93. The largest absolute Gasteiger partial charge is 0.481 e. The SMILES string of the molecule is Cc1ccc(-c2nn(-c3ccc(S(C)(=O)=O)cc3)cc2CCC(=O)O)cc1. The number of carboxylic acid groups (broad SMARTS) is 1. The predicted octanol–water partition coefficient (Wildman–Crippen LogP) is 3.27. The first kappa shape index (κ1) is 18.8. The lowest BCUT2D eigenvalue weighted by Crippen LogP contribution is -1.99. The average Bonchev–Trinajstić information content (AvgIpc) is 3.04. The molecule has 0 aliphatic rings. The summed E-state index contributed by atoms with van der Waals surface area (Å²) in [6.45, 7) is 2.00. The molecule has 0 saturated heterocycles. The quantitative estimate of drug-likeness (QED) is 0.704. The summed E-state index contributed by atoms with van der Waals surface area (Å²) in [6, 6.07) is 14.3. The highest BCUT2D eigenvalue weighted by Crippen LogP contribution is 2.25. The van der Waals surface area contributed by atoms with Crippen molar-refractivity contribution in [2.75, 3.05) is 6.26 Å². The van der Waals surface area contributed by atoms with Crippen molar-refractivity contribution in [1.29, 1.82) is 0 Å². The van der Waals surface area contributed by atoms with Crippen LogP contribution in [0.15, 0.2) is 59.6 Å². The highest BCUT2D eigenvalue weighted by Gasteiger charge is 2.14. The summed E-state index contributed by atoms with van der Waals surface area (Å²) in [7, 11) is -3.26. The molecule has 3 rings (SSSR count). The van der Waals surface area contributed by atoms with E-state index < -0.39 is 15.8 Å². The number of aliphatic carboxylic acids is 1. The third-order valence-electron chi connectivity index (χ3n) is 4.25. The Morgan fingerprint density at radius 1 is 1.07 bits per heavy atom. The average molecular weight is 384 g/mol. The van der Waals surface area contributed by atoms with E-state index in [0.717, 1.165) is 28.6 Å². The van der Waals surface area contributed by atoms with Crippen molar-refractivity contribution in [2.24, 2.45) is 0 Å². The van der Waals surface area contributed by atoms with Gasteiger partial charge in [-0.05, 0) is 43.2 Å². The lowest BCUT2D eigenvalue weighted by atomic mass is 10.0. The maximum atomic E-state index is 11.6. The third-order valence-corrected chi connectivity index (χ3v) is 5.38. The molecule has 0 saturated carbocycles. The Labute approximate surface area is 158 Å². The minimum Gasteiger partial charge on any atom is -0.481 e. The van der Waals surface area contributed by atoms with Crippen molar-refractivity contribution >= 4 is 15.8 Å². The molecule has 0 atom stereocenters. The Morgan fingerprint density at radius 3 is 2.26 bits per heavy atom. The Kier molecular flexibility index (Phi) is 5.14. The van der Waals surface area contributed by atoms with E-state index in [1.165, 1.54) is 12.1 Å². The molecule has 0 unspecified atom stereocenters. The molecule has 0 spiro atoms. The van der Waals surface area contributed by atoms with Gasteiger partial charge in [0.05, 0.1) is 16.3 Å². The van der Waals surface area contributed by atoms with Crippen LogP contribution in [0.3, 0.4) is 0 Å². The fraction of sp³-hybridized carbons (Fsp3) is 0.200. The minimum absolute atomic E-state index is 0.0115. The molecule has 7 heteroatoms. The zero-order valence-corrected chi connectivity index (χ0v) is 15.9. The molecule has 2 aromatic carbocycles. The van der Waals surface area contributed by atoms with E-state index in [2.05, 4.69) is 5.10 Å². The van der Waals surface area contributed by atoms with E-state index in [1.54, 1.807) is 23.0 Å². The molecule has 0 bridgehead atoms. The second-order valence-corrected chi connectivity index (χ2v) is 8.49. The van der Waals surface area contributed by atoms with Crippen molar-refractivity contribution in [3.05, 3.63) is 65.9 Å². The molecule has 1 heterocycles. The Balaban J connectivity index is 2.02. The van der Waals surface area contributed by atoms with Crippen molar-refractivity contribution in [3.8, 4) is 16.9 Å². The summed E-state index contributed by atoms with van der Waals surface area (Å²) in [5.41, 5.74) is 4.29. The van der Waals surface area contributed by atoms with Gasteiger partial charge in [-0.25, -0.2) is 13.1 Å². The number of rotatable bonds is 6. The van der Waals surface area contributed by atoms with Gasteiger partial charge in [0.1, 0.15) is 0 Å². The molecule has 27 heavy (non-hydrogen) atoms. The van der Waals surface area contributed by atoms with E-state index in [9.17, 15) is 13.2 Å². The molecule has 140 valence electrons. The Bertz CT molecular complexity index is 1070. The smallest absolute Gasteiger partial charge is 0.303 e. The van der Waals surface area contributed by atoms with Gasteiger partial charge < -0.3 is 5.11 Å². The van der Waals surface area contributed by atoms with Crippen LogP contribution in [-0.2, 0) is 21.1 Å². The van der Waals surface area contributed by atoms with E-state index in [0.29, 0.717) is 12.1 Å². The van der Waals surface area contributed by atoms with E-state index in [4.69, 9.17) is 5.11 Å². The van der Waals surface area contributed by atoms with Gasteiger partial charge in [-0.2, -0.15) is 5.10 Å². The maximum Gasteiger partial charge on any atom is 0.303 e. The van der Waals surface area contributed by atoms with Gasteiger partial charge in [0.15, 0.2) is 9.84 Å². The number of sulfone groups is 1. The summed E-state index contributed by atoms with van der Waals surface area (Å²) in [4.78, 5) is 11.2. The molecule has 0 amide bonds. The molecule has 0 fully saturated rings. The minimum atomic E-state index is -3.26. The van der Waals surface area contributed by atoms with Crippen molar-refractivity contribution in [3.63, 3.8) is 0 Å². The summed E-state index contributed by atoms with van der Waals surface area (Å²) in [5, 5.41) is 13.6. The lowest BCUT2D eigenvalue weighted by Gasteiger charge is -2.03. The number of hydrogen-bond acceptors (Lipinski definition) is 4. The van der Waals surface area contributed by atoms with Crippen LogP contribution in [0.1, 0.15) is 17.5 Å². The molecular formula is C20H20N2O4S. The normalized spacial score (nSPS) is 11.5.